The lowest BCUT2D eigenvalue weighted by atomic mass is 10.1. The summed E-state index contributed by atoms with van der Waals surface area (Å²) in [6, 6.07) is 7.13. The minimum absolute atomic E-state index is 0.172. The maximum absolute atomic E-state index is 11.8. The average molecular weight is 368 g/mol. The third-order valence-electron chi connectivity index (χ3n) is 3.26. The maximum Gasteiger partial charge on any atom is 0.248 e. The Morgan fingerprint density at radius 1 is 1.24 bits per heavy atom. The third kappa shape index (κ3) is 3.97. The van der Waals surface area contributed by atoms with Crippen molar-refractivity contribution in [1.29, 1.82) is 0 Å². The molecule has 0 aromatic heterocycles. The molecule has 0 saturated heterocycles. The molecule has 1 aromatic rings. The fraction of sp³-hybridized carbons (Fsp3) is 0.385. The predicted molar refractivity (Wildman–Crippen MR) is 85.6 cm³/mol. The minimum Gasteiger partial charge on any atom is -0.273 e. The van der Waals surface area contributed by atoms with Gasteiger partial charge in [-0.25, -0.2) is 0 Å². The second kappa shape index (κ2) is 6.24. The summed E-state index contributed by atoms with van der Waals surface area (Å²) < 4.78 is -1.06. The molecule has 2 N–H and O–H groups in total. The molecule has 2 rings (SSSR count). The van der Waals surface area contributed by atoms with Gasteiger partial charge < -0.3 is 0 Å². The van der Waals surface area contributed by atoms with Crippen molar-refractivity contribution in [2.45, 2.75) is 22.6 Å². The van der Waals surface area contributed by atoms with Gasteiger partial charge in [-0.2, -0.15) is 0 Å². The Bertz CT molecular complexity index is 565. The molecule has 114 valence electrons. The van der Waals surface area contributed by atoms with Crippen molar-refractivity contribution in [3.8, 4) is 0 Å². The smallest absolute Gasteiger partial charge is 0.248 e. The van der Waals surface area contributed by atoms with E-state index >= 15 is 0 Å². The number of hydrazine groups is 1. The van der Waals surface area contributed by atoms with Crippen LogP contribution in [0, 0.1) is 5.41 Å². The highest BCUT2D eigenvalue weighted by Crippen LogP contribution is 2.63. The molecule has 1 saturated carbocycles. The molecule has 0 aliphatic heterocycles. The number of rotatable bonds is 4. The summed E-state index contributed by atoms with van der Waals surface area (Å²) >= 11 is 18.9. The van der Waals surface area contributed by atoms with Crippen LogP contribution < -0.4 is 10.9 Å². The van der Waals surface area contributed by atoms with Crippen LogP contribution in [0.5, 0.6) is 0 Å². The van der Waals surface area contributed by atoms with Gasteiger partial charge in [-0.3, -0.25) is 20.4 Å². The molecular weight excluding hydrogens is 355 g/mol. The zero-order valence-corrected chi connectivity index (χ0v) is 14.2. The SMILES string of the molecule is CC1(C(=O)NNC(=O)CSc2ccc(Cl)cc2)CC1(Cl)Cl. The molecule has 21 heavy (non-hydrogen) atoms. The number of hydrogen-bond acceptors (Lipinski definition) is 3. The molecule has 1 aliphatic rings. The van der Waals surface area contributed by atoms with Gasteiger partial charge in [-0.05, 0) is 37.6 Å². The van der Waals surface area contributed by atoms with Crippen LogP contribution in [0.4, 0.5) is 0 Å². The van der Waals surface area contributed by atoms with Gasteiger partial charge in [0.05, 0.1) is 11.2 Å². The lowest BCUT2D eigenvalue weighted by Gasteiger charge is -2.13. The summed E-state index contributed by atoms with van der Waals surface area (Å²) in [5.74, 6) is -0.537. The first-order valence-electron chi connectivity index (χ1n) is 6.10. The first kappa shape index (κ1) is 16.7. The van der Waals surface area contributed by atoms with E-state index in [2.05, 4.69) is 10.9 Å². The van der Waals surface area contributed by atoms with E-state index in [4.69, 9.17) is 34.8 Å². The summed E-state index contributed by atoms with van der Waals surface area (Å²) in [4.78, 5) is 24.4. The Morgan fingerprint density at radius 3 is 2.33 bits per heavy atom. The zero-order valence-electron chi connectivity index (χ0n) is 11.1. The number of benzene rings is 1. The summed E-state index contributed by atoms with van der Waals surface area (Å²) in [6.07, 6.45) is 0.365. The highest BCUT2D eigenvalue weighted by molar-refractivity contribution is 8.00. The van der Waals surface area contributed by atoms with Gasteiger partial charge >= 0.3 is 0 Å². The van der Waals surface area contributed by atoms with Crippen LogP contribution >= 0.6 is 46.6 Å². The highest BCUT2D eigenvalue weighted by Gasteiger charge is 2.68. The number of nitrogens with one attached hydrogen (secondary N) is 2. The van der Waals surface area contributed by atoms with Gasteiger partial charge in [-0.1, -0.05) is 11.6 Å². The van der Waals surface area contributed by atoms with Crippen LogP contribution in [0.2, 0.25) is 5.02 Å². The summed E-state index contributed by atoms with van der Waals surface area (Å²) in [7, 11) is 0. The quantitative estimate of drug-likeness (QED) is 0.488. The molecule has 1 aliphatic carbocycles. The third-order valence-corrected chi connectivity index (χ3v) is 5.62. The largest absolute Gasteiger partial charge is 0.273 e. The minimum atomic E-state index is -1.06. The lowest BCUT2D eigenvalue weighted by Crippen LogP contribution is -2.46. The van der Waals surface area contributed by atoms with Gasteiger partial charge in [-0.15, -0.1) is 35.0 Å². The fourth-order valence-corrected chi connectivity index (χ4v) is 3.16. The Hall–Kier alpha value is -0.620. The number of amides is 2. The molecule has 1 fully saturated rings. The van der Waals surface area contributed by atoms with Crippen molar-refractivity contribution < 1.29 is 9.59 Å². The van der Waals surface area contributed by atoms with Crippen molar-refractivity contribution in [3.05, 3.63) is 29.3 Å². The number of carbonyl (C=O) groups is 2. The van der Waals surface area contributed by atoms with Crippen molar-refractivity contribution in [3.63, 3.8) is 0 Å². The molecule has 4 nitrogen and oxygen atoms in total. The summed E-state index contributed by atoms with van der Waals surface area (Å²) in [5, 5.41) is 0.638. The highest BCUT2D eigenvalue weighted by atomic mass is 35.5. The molecular formula is C13H13Cl3N2O2S. The Balaban J connectivity index is 1.73. The van der Waals surface area contributed by atoms with Crippen LogP contribution in [0.25, 0.3) is 0 Å². The standard InChI is InChI=1S/C13H13Cl3N2O2S/c1-12(7-13(12,15)16)11(20)18-17-10(19)6-21-9-4-2-8(14)3-5-9/h2-5H,6-7H2,1H3,(H,17,19)(H,18,20). The molecule has 2 amide bonds. The topological polar surface area (TPSA) is 58.2 Å². The Kier molecular flexibility index (Phi) is 4.98. The number of alkyl halides is 2. The summed E-state index contributed by atoms with van der Waals surface area (Å²) in [6.45, 7) is 1.65. The van der Waals surface area contributed by atoms with E-state index in [1.807, 2.05) is 12.1 Å². The lowest BCUT2D eigenvalue weighted by molar-refractivity contribution is -0.130. The van der Waals surface area contributed by atoms with Crippen LogP contribution in [0.15, 0.2) is 29.2 Å². The van der Waals surface area contributed by atoms with Gasteiger partial charge in [0, 0.05) is 9.92 Å². The van der Waals surface area contributed by atoms with E-state index in [0.29, 0.717) is 11.4 Å². The molecule has 1 unspecified atom stereocenters. The van der Waals surface area contributed by atoms with Crippen LogP contribution in [0.3, 0.4) is 0 Å². The first-order valence-corrected chi connectivity index (χ1v) is 8.22. The van der Waals surface area contributed by atoms with E-state index in [-0.39, 0.29) is 11.7 Å². The number of halogens is 3. The summed E-state index contributed by atoms with van der Waals surface area (Å²) in [5.41, 5.74) is 3.84. The molecule has 8 heteroatoms. The van der Waals surface area contributed by atoms with Crippen molar-refractivity contribution in [1.82, 2.24) is 10.9 Å². The molecule has 0 radical (unpaired) electrons. The van der Waals surface area contributed by atoms with E-state index in [1.165, 1.54) is 11.8 Å². The predicted octanol–water partition coefficient (Wildman–Crippen LogP) is 3.16. The van der Waals surface area contributed by atoms with E-state index in [0.717, 1.165) is 4.90 Å². The Morgan fingerprint density at radius 2 is 1.81 bits per heavy atom. The van der Waals surface area contributed by atoms with Crippen LogP contribution in [0.1, 0.15) is 13.3 Å². The number of hydrogen-bond donors (Lipinski definition) is 2. The van der Waals surface area contributed by atoms with E-state index < -0.39 is 15.7 Å². The van der Waals surface area contributed by atoms with E-state index in [1.54, 1.807) is 19.1 Å². The maximum atomic E-state index is 11.8. The molecule has 0 bridgehead atoms. The average Bonchev–Trinajstić information content (AvgIpc) is 2.95. The second-order valence-corrected chi connectivity index (χ2v) is 7.93. The normalized spacial score (nSPS) is 22.5. The van der Waals surface area contributed by atoms with Crippen molar-refractivity contribution >= 4 is 58.4 Å². The Labute approximate surface area is 141 Å². The van der Waals surface area contributed by atoms with Gasteiger partial charge in [0.15, 0.2) is 0 Å². The molecule has 0 heterocycles. The van der Waals surface area contributed by atoms with Crippen LogP contribution in [-0.4, -0.2) is 21.9 Å². The first-order chi connectivity index (χ1) is 9.74. The fourth-order valence-electron chi connectivity index (χ4n) is 1.63. The zero-order chi connectivity index (χ0) is 15.7. The molecule has 1 aromatic carbocycles. The monoisotopic (exact) mass is 366 g/mol. The number of thioether (sulfide) groups is 1. The van der Waals surface area contributed by atoms with E-state index in [9.17, 15) is 9.59 Å². The van der Waals surface area contributed by atoms with Crippen LogP contribution in [-0.2, 0) is 9.59 Å². The van der Waals surface area contributed by atoms with Gasteiger partial charge in [0.2, 0.25) is 11.8 Å². The number of carbonyl (C=O) groups excluding carboxylic acids is 2. The second-order valence-electron chi connectivity index (χ2n) is 4.96. The van der Waals surface area contributed by atoms with Crippen molar-refractivity contribution in [2.24, 2.45) is 5.41 Å². The molecule has 0 spiro atoms. The van der Waals surface area contributed by atoms with Gasteiger partial charge in [0.1, 0.15) is 4.33 Å². The molecule has 1 atom stereocenters. The van der Waals surface area contributed by atoms with Crippen molar-refractivity contribution in [2.75, 3.05) is 5.75 Å². The van der Waals surface area contributed by atoms with Gasteiger partial charge in [0.25, 0.3) is 0 Å².